The van der Waals surface area contributed by atoms with Crippen LogP contribution in [0.2, 0.25) is 5.15 Å². The Hall–Kier alpha value is -2.48. The van der Waals surface area contributed by atoms with Gasteiger partial charge in [-0.1, -0.05) is 48.4 Å². The number of nitrogens with zero attached hydrogens (tertiary/aromatic N) is 2. The molecule has 1 aromatic heterocycles. The SMILES string of the molecule is O=C(Nc1cccc(S(=O)(=O)N2CCCCC2)c1)c1cc2ccccc2c(Cl)n1. The number of amides is 1. The first-order valence-corrected chi connectivity index (χ1v) is 11.2. The van der Waals surface area contributed by atoms with Gasteiger partial charge in [-0.2, -0.15) is 4.31 Å². The number of benzene rings is 2. The number of piperidine rings is 1. The minimum absolute atomic E-state index is 0.165. The first-order chi connectivity index (χ1) is 13.9. The molecule has 2 aromatic carbocycles. The molecule has 1 fully saturated rings. The van der Waals surface area contributed by atoms with E-state index in [1.807, 2.05) is 24.3 Å². The second kappa shape index (κ2) is 8.10. The van der Waals surface area contributed by atoms with Crippen LogP contribution in [0.1, 0.15) is 29.8 Å². The molecular formula is C21H20ClN3O3S. The number of rotatable bonds is 4. The number of fused-ring (bicyclic) bond motifs is 1. The van der Waals surface area contributed by atoms with Crippen molar-refractivity contribution in [3.63, 3.8) is 0 Å². The molecule has 1 N–H and O–H groups in total. The average molecular weight is 430 g/mol. The lowest BCUT2D eigenvalue weighted by atomic mass is 10.1. The zero-order valence-corrected chi connectivity index (χ0v) is 17.2. The number of hydrogen-bond donors (Lipinski definition) is 1. The maximum atomic E-state index is 12.9. The van der Waals surface area contributed by atoms with Gasteiger partial charge in [-0.05, 0) is 42.5 Å². The summed E-state index contributed by atoms with van der Waals surface area (Å²) in [6.45, 7) is 1.05. The molecule has 1 aliphatic rings. The highest BCUT2D eigenvalue weighted by Gasteiger charge is 2.26. The smallest absolute Gasteiger partial charge is 0.274 e. The molecule has 0 unspecified atom stereocenters. The van der Waals surface area contributed by atoms with Crippen LogP contribution in [0.25, 0.3) is 10.8 Å². The van der Waals surface area contributed by atoms with Gasteiger partial charge >= 0.3 is 0 Å². The third-order valence-electron chi connectivity index (χ3n) is 4.97. The lowest BCUT2D eigenvalue weighted by Crippen LogP contribution is -2.35. The summed E-state index contributed by atoms with van der Waals surface area (Å²) < 4.78 is 27.2. The molecule has 0 aliphatic carbocycles. The molecule has 0 bridgehead atoms. The Labute approximate surface area is 174 Å². The highest BCUT2D eigenvalue weighted by Crippen LogP contribution is 2.25. The molecule has 0 saturated carbocycles. The fourth-order valence-corrected chi connectivity index (χ4v) is 5.28. The van der Waals surface area contributed by atoms with Gasteiger partial charge in [0.2, 0.25) is 10.0 Å². The van der Waals surface area contributed by atoms with E-state index in [0.717, 1.165) is 30.0 Å². The second-order valence-electron chi connectivity index (χ2n) is 6.97. The summed E-state index contributed by atoms with van der Waals surface area (Å²) in [4.78, 5) is 17.0. The van der Waals surface area contributed by atoms with Crippen molar-refractivity contribution in [1.82, 2.24) is 9.29 Å². The van der Waals surface area contributed by atoms with Crippen molar-refractivity contribution in [3.05, 3.63) is 65.4 Å². The van der Waals surface area contributed by atoms with Gasteiger partial charge in [0.15, 0.2) is 0 Å². The molecule has 0 spiro atoms. The Morgan fingerprint density at radius 1 is 1.00 bits per heavy atom. The van der Waals surface area contributed by atoms with E-state index in [-0.39, 0.29) is 15.7 Å². The maximum absolute atomic E-state index is 12.9. The van der Waals surface area contributed by atoms with E-state index in [1.165, 1.54) is 10.4 Å². The molecule has 8 heteroatoms. The number of anilines is 1. The van der Waals surface area contributed by atoms with Gasteiger partial charge in [0.05, 0.1) is 4.90 Å². The molecule has 6 nitrogen and oxygen atoms in total. The Bertz CT molecular complexity index is 1170. The van der Waals surface area contributed by atoms with E-state index < -0.39 is 15.9 Å². The summed E-state index contributed by atoms with van der Waals surface area (Å²) in [5.74, 6) is -0.454. The van der Waals surface area contributed by atoms with Crippen molar-refractivity contribution in [2.45, 2.75) is 24.2 Å². The standard InChI is InChI=1S/C21H20ClN3O3S/c22-20-18-10-3-2-7-15(18)13-19(24-20)21(26)23-16-8-6-9-17(14-16)29(27,28)25-11-4-1-5-12-25/h2-3,6-10,13-14H,1,4-5,11-12H2,(H,23,26). The third-order valence-corrected chi connectivity index (χ3v) is 7.15. The molecule has 2 heterocycles. The second-order valence-corrected chi connectivity index (χ2v) is 9.26. The Balaban J connectivity index is 1.59. The van der Waals surface area contributed by atoms with Gasteiger partial charge < -0.3 is 5.32 Å². The Morgan fingerprint density at radius 2 is 1.76 bits per heavy atom. The van der Waals surface area contributed by atoms with Crippen LogP contribution >= 0.6 is 11.6 Å². The first kappa shape index (κ1) is 19.8. The number of aromatic nitrogens is 1. The summed E-state index contributed by atoms with van der Waals surface area (Å²) in [6, 6.07) is 15.3. The molecule has 0 radical (unpaired) electrons. The third kappa shape index (κ3) is 4.12. The van der Waals surface area contributed by atoms with Crippen molar-refractivity contribution >= 4 is 44.0 Å². The van der Waals surface area contributed by atoms with E-state index in [2.05, 4.69) is 10.3 Å². The lowest BCUT2D eigenvalue weighted by Gasteiger charge is -2.26. The summed E-state index contributed by atoms with van der Waals surface area (Å²) >= 11 is 6.20. The molecule has 3 aromatic rings. The lowest BCUT2D eigenvalue weighted by molar-refractivity contribution is 0.102. The Kier molecular flexibility index (Phi) is 5.54. The highest BCUT2D eigenvalue weighted by molar-refractivity contribution is 7.89. The van der Waals surface area contributed by atoms with Crippen molar-refractivity contribution in [3.8, 4) is 0 Å². The molecule has 150 valence electrons. The minimum Gasteiger partial charge on any atom is -0.321 e. The zero-order valence-electron chi connectivity index (χ0n) is 15.6. The van der Waals surface area contributed by atoms with Gasteiger partial charge in [-0.3, -0.25) is 4.79 Å². The molecule has 1 amide bonds. The predicted octanol–water partition coefficient (Wildman–Crippen LogP) is 4.32. The summed E-state index contributed by atoms with van der Waals surface area (Å²) in [5.41, 5.74) is 0.553. The van der Waals surface area contributed by atoms with E-state index >= 15 is 0 Å². The van der Waals surface area contributed by atoms with E-state index in [0.29, 0.717) is 18.8 Å². The average Bonchev–Trinajstić information content (AvgIpc) is 2.74. The zero-order chi connectivity index (χ0) is 20.4. The van der Waals surface area contributed by atoms with Crippen molar-refractivity contribution in [1.29, 1.82) is 0 Å². The van der Waals surface area contributed by atoms with Gasteiger partial charge in [-0.25, -0.2) is 13.4 Å². The van der Waals surface area contributed by atoms with Crippen LogP contribution in [0.15, 0.2) is 59.5 Å². The number of hydrogen-bond acceptors (Lipinski definition) is 4. The fourth-order valence-electron chi connectivity index (χ4n) is 3.46. The summed E-state index contributed by atoms with van der Waals surface area (Å²) in [6.07, 6.45) is 2.78. The van der Waals surface area contributed by atoms with Gasteiger partial charge in [0, 0.05) is 24.2 Å². The molecular weight excluding hydrogens is 410 g/mol. The number of carbonyl (C=O) groups excluding carboxylic acids is 1. The van der Waals surface area contributed by atoms with Crippen LogP contribution in [0.3, 0.4) is 0 Å². The fraction of sp³-hybridized carbons (Fsp3) is 0.238. The number of carbonyl (C=O) groups is 1. The summed E-state index contributed by atoms with van der Waals surface area (Å²) in [7, 11) is -3.58. The Morgan fingerprint density at radius 3 is 2.55 bits per heavy atom. The number of sulfonamides is 1. The van der Waals surface area contributed by atoms with E-state index in [4.69, 9.17) is 11.6 Å². The minimum atomic E-state index is -3.58. The van der Waals surface area contributed by atoms with Gasteiger partial charge in [0.25, 0.3) is 5.91 Å². The number of halogens is 1. The normalized spacial score (nSPS) is 15.3. The molecule has 1 saturated heterocycles. The van der Waals surface area contributed by atoms with E-state index in [1.54, 1.807) is 24.3 Å². The number of nitrogens with one attached hydrogen (secondary N) is 1. The highest BCUT2D eigenvalue weighted by atomic mass is 35.5. The largest absolute Gasteiger partial charge is 0.321 e. The monoisotopic (exact) mass is 429 g/mol. The van der Waals surface area contributed by atoms with E-state index in [9.17, 15) is 13.2 Å². The summed E-state index contributed by atoms with van der Waals surface area (Å²) in [5, 5.41) is 4.54. The van der Waals surface area contributed by atoms with Crippen LogP contribution in [0.5, 0.6) is 0 Å². The topological polar surface area (TPSA) is 79.4 Å². The van der Waals surface area contributed by atoms with Crippen LogP contribution in [0.4, 0.5) is 5.69 Å². The van der Waals surface area contributed by atoms with Gasteiger partial charge in [-0.15, -0.1) is 0 Å². The molecule has 29 heavy (non-hydrogen) atoms. The van der Waals surface area contributed by atoms with Crippen molar-refractivity contribution in [2.24, 2.45) is 0 Å². The first-order valence-electron chi connectivity index (χ1n) is 9.42. The molecule has 1 aliphatic heterocycles. The van der Waals surface area contributed by atoms with Crippen LogP contribution < -0.4 is 5.32 Å². The van der Waals surface area contributed by atoms with Crippen molar-refractivity contribution in [2.75, 3.05) is 18.4 Å². The molecule has 0 atom stereocenters. The van der Waals surface area contributed by atoms with Crippen LogP contribution in [-0.4, -0.2) is 36.7 Å². The van der Waals surface area contributed by atoms with Crippen LogP contribution in [-0.2, 0) is 10.0 Å². The van der Waals surface area contributed by atoms with Crippen LogP contribution in [0, 0.1) is 0 Å². The predicted molar refractivity (Wildman–Crippen MR) is 114 cm³/mol. The molecule has 4 rings (SSSR count). The maximum Gasteiger partial charge on any atom is 0.274 e. The van der Waals surface area contributed by atoms with Crippen molar-refractivity contribution < 1.29 is 13.2 Å². The number of pyridine rings is 1. The quantitative estimate of drug-likeness (QED) is 0.626. The van der Waals surface area contributed by atoms with Gasteiger partial charge in [0.1, 0.15) is 10.8 Å².